The molecule has 28 heavy (non-hydrogen) atoms. The number of methoxy groups -OCH3 is 3. The molecule has 0 radical (unpaired) electrons. The number of fused-ring (bicyclic) bond motifs is 7. The Morgan fingerprint density at radius 1 is 0.893 bits per heavy atom. The molecule has 2 aliphatic rings. The molecule has 5 rings (SSSR count). The van der Waals surface area contributed by atoms with Crippen molar-refractivity contribution in [2.24, 2.45) is 0 Å². The smallest absolute Gasteiger partial charge is 0.161 e. The van der Waals surface area contributed by atoms with Crippen LogP contribution in [0.3, 0.4) is 0 Å². The number of benzene rings is 3. The van der Waals surface area contributed by atoms with E-state index in [2.05, 4.69) is 17.0 Å². The Morgan fingerprint density at radius 3 is 2.32 bits per heavy atom. The molecule has 5 heteroatoms. The minimum absolute atomic E-state index is 0.194. The maximum atomic E-state index is 11.3. The molecule has 2 aliphatic heterocycles. The van der Waals surface area contributed by atoms with Crippen molar-refractivity contribution in [3.05, 3.63) is 41.5 Å². The van der Waals surface area contributed by atoms with Gasteiger partial charge in [-0.15, -0.1) is 0 Å². The molecule has 2 atom stereocenters. The molecule has 0 aliphatic carbocycles. The Labute approximate surface area is 164 Å². The first-order chi connectivity index (χ1) is 13.7. The van der Waals surface area contributed by atoms with Crippen LogP contribution in [0.25, 0.3) is 21.5 Å². The first-order valence-corrected chi connectivity index (χ1v) is 9.76. The molecular weight excluding hydrogens is 354 g/mol. The summed E-state index contributed by atoms with van der Waals surface area (Å²) in [5.74, 6) is 2.19. The van der Waals surface area contributed by atoms with E-state index in [0.717, 1.165) is 53.4 Å². The highest BCUT2D eigenvalue weighted by Gasteiger charge is 2.39. The van der Waals surface area contributed by atoms with E-state index in [-0.39, 0.29) is 6.04 Å². The average Bonchev–Trinajstić information content (AvgIpc) is 3.21. The van der Waals surface area contributed by atoms with Crippen molar-refractivity contribution in [2.45, 2.75) is 31.5 Å². The predicted molar refractivity (Wildman–Crippen MR) is 110 cm³/mol. The lowest BCUT2D eigenvalue weighted by atomic mass is 9.83. The van der Waals surface area contributed by atoms with Gasteiger partial charge in [0, 0.05) is 12.6 Å². The van der Waals surface area contributed by atoms with Crippen LogP contribution in [0.5, 0.6) is 17.2 Å². The summed E-state index contributed by atoms with van der Waals surface area (Å²) in [6.07, 6.45) is 1.67. The highest BCUT2D eigenvalue weighted by atomic mass is 16.5. The SMILES string of the molecule is COc1ccc2c3c(c4cc(OC)c(OC)cc4c2c1)[C@H](O)[C@H]1CCCN1C3. The zero-order valence-electron chi connectivity index (χ0n) is 16.5. The summed E-state index contributed by atoms with van der Waals surface area (Å²) in [5, 5.41) is 15.7. The van der Waals surface area contributed by atoms with Crippen LogP contribution in [0.2, 0.25) is 0 Å². The van der Waals surface area contributed by atoms with E-state index < -0.39 is 6.10 Å². The van der Waals surface area contributed by atoms with Gasteiger partial charge in [-0.1, -0.05) is 6.07 Å². The number of aliphatic hydroxyl groups is 1. The molecule has 0 saturated carbocycles. The number of aliphatic hydroxyl groups excluding tert-OH is 1. The molecule has 0 bridgehead atoms. The molecule has 0 amide bonds. The fraction of sp³-hybridized carbons (Fsp3) is 0.391. The van der Waals surface area contributed by atoms with E-state index in [1.165, 1.54) is 10.9 Å². The number of hydrogen-bond acceptors (Lipinski definition) is 5. The van der Waals surface area contributed by atoms with E-state index in [0.29, 0.717) is 11.5 Å². The van der Waals surface area contributed by atoms with Crippen LogP contribution in [0, 0.1) is 0 Å². The van der Waals surface area contributed by atoms with Crippen molar-refractivity contribution in [3.8, 4) is 17.2 Å². The van der Waals surface area contributed by atoms with Crippen molar-refractivity contribution in [3.63, 3.8) is 0 Å². The summed E-state index contributed by atoms with van der Waals surface area (Å²) in [6, 6.07) is 10.4. The lowest BCUT2D eigenvalue weighted by Crippen LogP contribution is -2.39. The van der Waals surface area contributed by atoms with Crippen molar-refractivity contribution in [1.29, 1.82) is 0 Å². The van der Waals surface area contributed by atoms with Gasteiger partial charge in [-0.05, 0) is 76.3 Å². The molecule has 3 aromatic carbocycles. The summed E-state index contributed by atoms with van der Waals surface area (Å²) in [7, 11) is 4.98. The maximum absolute atomic E-state index is 11.3. The average molecular weight is 379 g/mol. The zero-order chi connectivity index (χ0) is 19.4. The lowest BCUT2D eigenvalue weighted by Gasteiger charge is -2.37. The summed E-state index contributed by atoms with van der Waals surface area (Å²) in [6.45, 7) is 1.91. The van der Waals surface area contributed by atoms with E-state index in [9.17, 15) is 5.11 Å². The van der Waals surface area contributed by atoms with Gasteiger partial charge < -0.3 is 19.3 Å². The first-order valence-electron chi connectivity index (χ1n) is 9.76. The van der Waals surface area contributed by atoms with Gasteiger partial charge in [-0.3, -0.25) is 4.90 Å². The minimum atomic E-state index is -0.502. The third-order valence-electron chi connectivity index (χ3n) is 6.42. The van der Waals surface area contributed by atoms with Crippen molar-refractivity contribution in [1.82, 2.24) is 4.90 Å². The molecule has 1 saturated heterocycles. The second-order valence-electron chi connectivity index (χ2n) is 7.68. The lowest BCUT2D eigenvalue weighted by molar-refractivity contribution is 0.0552. The Morgan fingerprint density at radius 2 is 1.61 bits per heavy atom. The molecule has 0 unspecified atom stereocenters. The zero-order valence-corrected chi connectivity index (χ0v) is 16.5. The summed E-state index contributed by atoms with van der Waals surface area (Å²) < 4.78 is 16.6. The van der Waals surface area contributed by atoms with E-state index in [1.54, 1.807) is 21.3 Å². The topological polar surface area (TPSA) is 51.2 Å². The van der Waals surface area contributed by atoms with Crippen LogP contribution >= 0.6 is 0 Å². The number of nitrogens with zero attached hydrogens (tertiary/aromatic N) is 1. The normalized spacial score (nSPS) is 21.6. The molecule has 3 aromatic rings. The highest BCUT2D eigenvalue weighted by molar-refractivity contribution is 6.12. The quantitative estimate of drug-likeness (QED) is 0.697. The van der Waals surface area contributed by atoms with Gasteiger partial charge in [0.15, 0.2) is 11.5 Å². The van der Waals surface area contributed by atoms with Gasteiger partial charge in [0.05, 0.1) is 27.4 Å². The Kier molecular flexibility index (Phi) is 4.11. The molecule has 1 N–H and O–H groups in total. The number of rotatable bonds is 3. The third kappa shape index (κ3) is 2.39. The first kappa shape index (κ1) is 17.6. The predicted octanol–water partition coefficient (Wildman–Crippen LogP) is 4.03. The van der Waals surface area contributed by atoms with Crippen LogP contribution in [-0.2, 0) is 6.54 Å². The van der Waals surface area contributed by atoms with E-state index in [1.807, 2.05) is 18.2 Å². The maximum Gasteiger partial charge on any atom is 0.161 e. The fourth-order valence-electron chi connectivity index (χ4n) is 5.08. The van der Waals surface area contributed by atoms with Crippen LogP contribution < -0.4 is 14.2 Å². The molecule has 0 spiro atoms. The molecule has 2 heterocycles. The monoisotopic (exact) mass is 379 g/mol. The van der Waals surface area contributed by atoms with E-state index in [4.69, 9.17) is 14.2 Å². The fourth-order valence-corrected chi connectivity index (χ4v) is 5.08. The van der Waals surface area contributed by atoms with Crippen LogP contribution in [0.4, 0.5) is 0 Å². The number of hydrogen-bond donors (Lipinski definition) is 1. The van der Waals surface area contributed by atoms with Gasteiger partial charge >= 0.3 is 0 Å². The van der Waals surface area contributed by atoms with Crippen LogP contribution in [0.15, 0.2) is 30.3 Å². The Hall–Kier alpha value is -2.50. The summed E-state index contributed by atoms with van der Waals surface area (Å²) in [4.78, 5) is 2.42. The van der Waals surface area contributed by atoms with Gasteiger partial charge in [-0.25, -0.2) is 0 Å². The Balaban J connectivity index is 1.92. The van der Waals surface area contributed by atoms with Crippen LogP contribution in [0.1, 0.15) is 30.1 Å². The van der Waals surface area contributed by atoms with Gasteiger partial charge in [0.1, 0.15) is 5.75 Å². The third-order valence-corrected chi connectivity index (χ3v) is 6.42. The molecule has 1 fully saturated rings. The van der Waals surface area contributed by atoms with Gasteiger partial charge in [0.25, 0.3) is 0 Å². The second kappa shape index (κ2) is 6.54. The van der Waals surface area contributed by atoms with E-state index >= 15 is 0 Å². The van der Waals surface area contributed by atoms with Crippen LogP contribution in [-0.4, -0.2) is 43.9 Å². The minimum Gasteiger partial charge on any atom is -0.497 e. The molecular formula is C23H25NO4. The van der Waals surface area contributed by atoms with Crippen molar-refractivity contribution < 1.29 is 19.3 Å². The number of ether oxygens (including phenoxy) is 3. The summed E-state index contributed by atoms with van der Waals surface area (Å²) in [5.41, 5.74) is 2.25. The Bertz CT molecular complexity index is 1080. The van der Waals surface area contributed by atoms with Gasteiger partial charge in [-0.2, -0.15) is 0 Å². The van der Waals surface area contributed by atoms with Crippen molar-refractivity contribution >= 4 is 21.5 Å². The molecule has 146 valence electrons. The second-order valence-corrected chi connectivity index (χ2v) is 7.68. The van der Waals surface area contributed by atoms with Gasteiger partial charge in [0.2, 0.25) is 0 Å². The molecule has 0 aromatic heterocycles. The highest BCUT2D eigenvalue weighted by Crippen LogP contribution is 2.47. The summed E-state index contributed by atoms with van der Waals surface area (Å²) >= 11 is 0. The van der Waals surface area contributed by atoms with Crippen molar-refractivity contribution in [2.75, 3.05) is 27.9 Å². The standard InChI is InChI=1S/C23H25NO4/c1-26-13-6-7-14-15(9-13)16-10-20(27-2)21(28-3)11-17(16)22-18(14)12-24-8-4-5-19(24)23(22)25/h6-7,9-11,19,23,25H,4-5,8,12H2,1-3H3/t19-,23-/m1/s1. The largest absolute Gasteiger partial charge is 0.497 e. The molecule has 5 nitrogen and oxygen atoms in total.